The topological polar surface area (TPSA) is 77.8 Å². The van der Waals surface area contributed by atoms with E-state index in [4.69, 9.17) is 0 Å². The van der Waals surface area contributed by atoms with Crippen LogP contribution in [0.1, 0.15) is 75.5 Å². The van der Waals surface area contributed by atoms with Gasteiger partial charge in [0.05, 0.1) is 12.2 Å². The first-order valence-corrected chi connectivity index (χ1v) is 9.26. The van der Waals surface area contributed by atoms with Crippen molar-refractivity contribution in [2.45, 2.75) is 70.6 Å². The van der Waals surface area contributed by atoms with Gasteiger partial charge < -0.3 is 15.3 Å². The Hall–Kier alpha value is -1.20. The molecule has 0 aliphatic heterocycles. The Bertz CT molecular complexity index is 622. The Morgan fingerprint density at radius 1 is 1.04 bits per heavy atom. The number of benzene rings is 1. The highest BCUT2D eigenvalue weighted by atomic mass is 32.2. The number of aliphatic hydroxyl groups excluding tert-OH is 1. The summed E-state index contributed by atoms with van der Waals surface area (Å²) in [5.74, 6) is -0.401. The SMILES string of the molecule is CCc1c(C(=O)O)c(SCCO)c(C(C)(C)C)c(O)c1C(C)(C)C. The first-order chi connectivity index (χ1) is 10.9. The predicted octanol–water partition coefficient (Wildman–Crippen LogP) is 4.33. The van der Waals surface area contributed by atoms with Crippen LogP contribution in [0, 0.1) is 0 Å². The summed E-state index contributed by atoms with van der Waals surface area (Å²) >= 11 is 1.30. The zero-order valence-electron chi connectivity index (χ0n) is 15.8. The quantitative estimate of drug-likeness (QED) is 0.686. The van der Waals surface area contributed by atoms with Crippen molar-refractivity contribution in [3.05, 3.63) is 22.3 Å². The average Bonchev–Trinajstić information content (AvgIpc) is 2.40. The molecule has 1 rings (SSSR count). The molecule has 0 fully saturated rings. The van der Waals surface area contributed by atoms with Crippen LogP contribution in [0.3, 0.4) is 0 Å². The lowest BCUT2D eigenvalue weighted by Crippen LogP contribution is -2.24. The molecule has 0 spiro atoms. The van der Waals surface area contributed by atoms with Gasteiger partial charge in [-0.15, -0.1) is 11.8 Å². The Balaban J connectivity index is 4.06. The second-order valence-electron chi connectivity index (χ2n) is 8.01. The fourth-order valence-electron chi connectivity index (χ4n) is 3.14. The molecule has 136 valence electrons. The number of phenols is 1. The van der Waals surface area contributed by atoms with Crippen LogP contribution >= 0.6 is 11.8 Å². The van der Waals surface area contributed by atoms with Gasteiger partial charge in [-0.25, -0.2) is 4.79 Å². The highest BCUT2D eigenvalue weighted by Gasteiger charge is 2.35. The van der Waals surface area contributed by atoms with Gasteiger partial charge in [0.25, 0.3) is 0 Å². The minimum absolute atomic E-state index is 0.0451. The Morgan fingerprint density at radius 2 is 1.54 bits per heavy atom. The van der Waals surface area contributed by atoms with Gasteiger partial charge in [-0.2, -0.15) is 0 Å². The maximum Gasteiger partial charge on any atom is 0.337 e. The van der Waals surface area contributed by atoms with Crippen LogP contribution in [-0.2, 0) is 17.3 Å². The van der Waals surface area contributed by atoms with E-state index in [1.165, 1.54) is 11.8 Å². The smallest absolute Gasteiger partial charge is 0.337 e. The third-order valence-electron chi connectivity index (χ3n) is 3.94. The molecule has 0 unspecified atom stereocenters. The standard InChI is InChI=1S/C19H30O4S/c1-8-11-12(17(22)23)16(24-10-9-20)14(19(5,6)7)15(21)13(11)18(2,3)4/h20-21H,8-10H2,1-7H3,(H,22,23). The van der Waals surface area contributed by atoms with E-state index in [2.05, 4.69) is 0 Å². The van der Waals surface area contributed by atoms with Crippen molar-refractivity contribution in [1.82, 2.24) is 0 Å². The van der Waals surface area contributed by atoms with Crippen molar-refractivity contribution in [2.75, 3.05) is 12.4 Å². The number of carboxylic acids is 1. The molecule has 5 heteroatoms. The summed E-state index contributed by atoms with van der Waals surface area (Å²) in [6, 6.07) is 0. The van der Waals surface area contributed by atoms with E-state index < -0.39 is 11.4 Å². The number of thioether (sulfide) groups is 1. The van der Waals surface area contributed by atoms with Gasteiger partial charge >= 0.3 is 5.97 Å². The second kappa shape index (κ2) is 7.36. The van der Waals surface area contributed by atoms with Gasteiger partial charge in [-0.3, -0.25) is 0 Å². The van der Waals surface area contributed by atoms with Gasteiger partial charge in [0.2, 0.25) is 0 Å². The lowest BCUT2D eigenvalue weighted by Gasteiger charge is -2.33. The summed E-state index contributed by atoms with van der Waals surface area (Å²) in [5, 5.41) is 30.2. The number of aromatic carboxylic acids is 1. The molecule has 0 aliphatic rings. The van der Waals surface area contributed by atoms with Gasteiger partial charge in [0, 0.05) is 21.8 Å². The Kier molecular flexibility index (Phi) is 6.39. The lowest BCUT2D eigenvalue weighted by atomic mass is 9.75. The van der Waals surface area contributed by atoms with Crippen LogP contribution in [0.2, 0.25) is 0 Å². The van der Waals surface area contributed by atoms with Crippen LogP contribution in [0.4, 0.5) is 0 Å². The van der Waals surface area contributed by atoms with Crippen molar-refractivity contribution in [1.29, 1.82) is 0 Å². The molecular formula is C19H30O4S. The van der Waals surface area contributed by atoms with E-state index in [-0.39, 0.29) is 23.3 Å². The number of carbonyl (C=O) groups is 1. The zero-order chi connectivity index (χ0) is 18.9. The normalized spacial score (nSPS) is 12.5. The Morgan fingerprint density at radius 3 is 1.88 bits per heavy atom. The number of hydrogen-bond donors (Lipinski definition) is 3. The zero-order valence-corrected chi connectivity index (χ0v) is 16.6. The van der Waals surface area contributed by atoms with E-state index in [1.54, 1.807) is 0 Å². The van der Waals surface area contributed by atoms with Crippen LogP contribution in [0.25, 0.3) is 0 Å². The molecule has 0 heterocycles. The van der Waals surface area contributed by atoms with Gasteiger partial charge in [-0.05, 0) is 22.8 Å². The third kappa shape index (κ3) is 4.06. The molecule has 1 aromatic rings. The number of rotatable bonds is 5. The molecule has 0 amide bonds. The van der Waals surface area contributed by atoms with Gasteiger partial charge in [0.1, 0.15) is 5.75 Å². The molecule has 0 aliphatic carbocycles. The van der Waals surface area contributed by atoms with E-state index in [0.717, 1.165) is 0 Å². The van der Waals surface area contributed by atoms with Crippen molar-refractivity contribution >= 4 is 17.7 Å². The number of aromatic hydroxyl groups is 1. The summed E-state index contributed by atoms with van der Waals surface area (Å²) in [4.78, 5) is 12.7. The van der Waals surface area contributed by atoms with Crippen LogP contribution < -0.4 is 0 Å². The predicted molar refractivity (Wildman–Crippen MR) is 99.7 cm³/mol. The van der Waals surface area contributed by atoms with E-state index in [9.17, 15) is 20.1 Å². The number of hydrogen-bond acceptors (Lipinski definition) is 4. The van der Waals surface area contributed by atoms with Crippen LogP contribution in [0.15, 0.2) is 4.90 Å². The van der Waals surface area contributed by atoms with Crippen molar-refractivity contribution in [2.24, 2.45) is 0 Å². The molecule has 0 aromatic heterocycles. The largest absolute Gasteiger partial charge is 0.507 e. The van der Waals surface area contributed by atoms with Crippen LogP contribution in [-0.4, -0.2) is 33.6 Å². The summed E-state index contributed by atoms with van der Waals surface area (Å²) < 4.78 is 0. The maximum absolute atomic E-state index is 12.1. The van der Waals surface area contributed by atoms with E-state index >= 15 is 0 Å². The fourth-order valence-corrected chi connectivity index (χ4v) is 4.34. The minimum atomic E-state index is -0.983. The number of phenolic OH excluding ortho intramolecular Hbond substituents is 1. The molecule has 4 nitrogen and oxygen atoms in total. The second-order valence-corrected chi connectivity index (χ2v) is 9.12. The molecule has 0 bridgehead atoms. The van der Waals surface area contributed by atoms with E-state index in [1.807, 2.05) is 48.5 Å². The monoisotopic (exact) mass is 354 g/mol. The first kappa shape index (κ1) is 20.8. The van der Waals surface area contributed by atoms with E-state index in [0.29, 0.717) is 33.8 Å². The first-order valence-electron chi connectivity index (χ1n) is 8.27. The average molecular weight is 355 g/mol. The molecule has 3 N–H and O–H groups in total. The number of carboxylic acid groups (broad SMARTS) is 1. The maximum atomic E-state index is 12.1. The lowest BCUT2D eigenvalue weighted by molar-refractivity contribution is 0.0691. The molecule has 0 atom stereocenters. The molecule has 1 aromatic carbocycles. The van der Waals surface area contributed by atoms with Crippen molar-refractivity contribution in [3.8, 4) is 5.75 Å². The fraction of sp³-hybridized carbons (Fsp3) is 0.632. The molecule has 0 radical (unpaired) electrons. The van der Waals surface area contributed by atoms with Crippen LogP contribution in [0.5, 0.6) is 5.75 Å². The summed E-state index contributed by atoms with van der Waals surface area (Å²) in [5.41, 5.74) is 1.52. The summed E-state index contributed by atoms with van der Waals surface area (Å²) in [6.45, 7) is 13.7. The number of aliphatic hydroxyl groups is 1. The van der Waals surface area contributed by atoms with Gasteiger partial charge in [-0.1, -0.05) is 48.5 Å². The Labute approximate surface area is 149 Å². The van der Waals surface area contributed by atoms with Gasteiger partial charge in [0.15, 0.2) is 0 Å². The van der Waals surface area contributed by atoms with Crippen molar-refractivity contribution in [3.63, 3.8) is 0 Å². The summed E-state index contributed by atoms with van der Waals surface area (Å²) in [6.07, 6.45) is 0.527. The summed E-state index contributed by atoms with van der Waals surface area (Å²) in [7, 11) is 0. The molecule has 24 heavy (non-hydrogen) atoms. The minimum Gasteiger partial charge on any atom is -0.507 e. The highest BCUT2D eigenvalue weighted by molar-refractivity contribution is 7.99. The third-order valence-corrected chi connectivity index (χ3v) is 5.02. The highest BCUT2D eigenvalue weighted by Crippen LogP contribution is 2.48. The molecular weight excluding hydrogens is 324 g/mol. The van der Waals surface area contributed by atoms with Crippen molar-refractivity contribution < 1.29 is 20.1 Å². The molecule has 0 saturated heterocycles. The molecule has 0 saturated carbocycles.